The van der Waals surface area contributed by atoms with E-state index in [1.807, 2.05) is 91.9 Å². The lowest BCUT2D eigenvalue weighted by atomic mass is 9.95. The Hall–Kier alpha value is -11.2. The van der Waals surface area contributed by atoms with Crippen molar-refractivity contribution < 1.29 is 101 Å². The van der Waals surface area contributed by atoms with Crippen LogP contribution in [0.25, 0.3) is 0 Å². The van der Waals surface area contributed by atoms with Crippen LogP contribution >= 0.6 is 0 Å². The molecule has 25 heteroatoms. The number of rotatable bonds is 40. The molecule has 9 atom stereocenters. The Balaban J connectivity index is 0.000000228. The number of halogens is 4. The van der Waals surface area contributed by atoms with Crippen molar-refractivity contribution in [2.75, 3.05) is 39.6 Å². The minimum Gasteiger partial charge on any atom is -0.744 e. The quantitative estimate of drug-likeness (QED) is 0.00712. The van der Waals surface area contributed by atoms with Crippen LogP contribution in [-0.2, 0) is 61.4 Å². The molecule has 11 aromatic rings. The summed E-state index contributed by atoms with van der Waals surface area (Å²) in [5, 5.41) is 9.01. The fraction of sp³-hybridized carbons (Fsp3) is 0.414. The topological polar surface area (TPSA) is 252 Å². The molecule has 2 saturated heterocycles. The molecule has 0 bridgehead atoms. The molecule has 0 aliphatic carbocycles. The first-order valence-electron chi connectivity index (χ1n) is 49.2. The van der Waals surface area contributed by atoms with Crippen LogP contribution in [0.5, 0.6) is 40.2 Å². The highest BCUT2D eigenvalue weighted by molar-refractivity contribution is 7.97. The number of benzene rings is 11. The van der Waals surface area contributed by atoms with Gasteiger partial charge >= 0.3 is 11.9 Å². The van der Waals surface area contributed by atoms with Crippen molar-refractivity contribution in [3.8, 4) is 40.2 Å². The predicted octanol–water partition coefficient (Wildman–Crippen LogP) is 29.0. The molecule has 11 aromatic carbocycles. The summed E-state index contributed by atoms with van der Waals surface area (Å²) in [6.07, 6.45) is 12.0. The van der Waals surface area contributed by atoms with Gasteiger partial charge in [0, 0.05) is 24.9 Å². The highest BCUT2D eigenvalue weighted by Gasteiger charge is 2.34. The maximum atomic E-state index is 13.8. The minimum absolute atomic E-state index is 0.0249. The van der Waals surface area contributed by atoms with Crippen molar-refractivity contribution >= 4 is 43.1 Å². The molecular formula is C116H145F4O18S3-. The molecule has 2 aliphatic heterocycles. The maximum absolute atomic E-state index is 13.8. The maximum Gasteiger partial charge on any atom is 0.347 e. The van der Waals surface area contributed by atoms with Gasteiger partial charge in [-0.2, -0.15) is 8.78 Å². The monoisotopic (exact) mass is 2000 g/mol. The lowest BCUT2D eigenvalue weighted by Gasteiger charge is -2.30. The lowest BCUT2D eigenvalue weighted by Crippen LogP contribution is -2.34. The van der Waals surface area contributed by atoms with E-state index in [0.717, 1.165) is 105 Å². The van der Waals surface area contributed by atoms with Gasteiger partial charge in [0.25, 0.3) is 0 Å². The van der Waals surface area contributed by atoms with Crippen molar-refractivity contribution in [1.82, 2.24) is 0 Å². The summed E-state index contributed by atoms with van der Waals surface area (Å²) in [5.74, 6) is -2.94. The molecule has 0 radical (unpaired) electrons. The third kappa shape index (κ3) is 39.6. The Bertz CT molecular complexity index is 5560. The summed E-state index contributed by atoms with van der Waals surface area (Å²) >= 11 is 0. The normalized spacial score (nSPS) is 14.8. The number of aryl methyl sites for hydroxylation is 2. The number of hydrogen-bond donors (Lipinski definition) is 1. The number of hydrogen-bond acceptors (Lipinski definition) is 18. The molecule has 0 aromatic heterocycles. The molecule has 2 fully saturated rings. The zero-order valence-corrected chi connectivity index (χ0v) is 87.4. The van der Waals surface area contributed by atoms with Gasteiger partial charge in [0.05, 0.1) is 48.8 Å². The van der Waals surface area contributed by atoms with E-state index in [4.69, 9.17) is 47.7 Å². The second-order valence-corrected chi connectivity index (χ2v) is 41.0. The molecule has 764 valence electrons. The molecule has 0 spiro atoms. The number of phenolic OH excluding ortho intramolecular Hbond substituents is 1. The van der Waals surface area contributed by atoms with Gasteiger partial charge < -0.3 is 56.8 Å². The summed E-state index contributed by atoms with van der Waals surface area (Å²) in [7, 11) is -10.1. The second kappa shape index (κ2) is 60.3. The number of carbonyl (C=O) groups excluding carboxylic acids is 2. The summed E-state index contributed by atoms with van der Waals surface area (Å²) in [4.78, 5) is 24.2. The average molecular weight is 2000 g/mol. The van der Waals surface area contributed by atoms with Gasteiger partial charge in [0.15, 0.2) is 44.3 Å². The molecule has 1 N–H and O–H groups in total. The van der Waals surface area contributed by atoms with Gasteiger partial charge in [-0.15, -0.1) is 0 Å². The zero-order valence-electron chi connectivity index (χ0n) is 84.9. The van der Waals surface area contributed by atoms with Crippen LogP contribution in [0.3, 0.4) is 0 Å². The molecule has 141 heavy (non-hydrogen) atoms. The van der Waals surface area contributed by atoms with E-state index in [-0.39, 0.29) is 46.0 Å². The van der Waals surface area contributed by atoms with Crippen LogP contribution in [0, 0.1) is 35.6 Å². The molecule has 2 aliphatic rings. The lowest BCUT2D eigenvalue weighted by molar-refractivity contribution is -0.144. The minimum atomic E-state index is -5.74. The number of esters is 2. The Kier molecular flexibility index (Phi) is 49.9. The third-order valence-corrected chi connectivity index (χ3v) is 28.4. The van der Waals surface area contributed by atoms with E-state index in [2.05, 4.69) is 244 Å². The number of carbonyl (C=O) groups is 2. The first-order chi connectivity index (χ1) is 67.3. The van der Waals surface area contributed by atoms with E-state index >= 15 is 0 Å². The Morgan fingerprint density at radius 1 is 0.404 bits per heavy atom. The SMILES string of the molecule is CCC(C)c1ccc(O)cc1.CCC(C)c1ccc(OC2CCOC2=O)cc1.CCC(C)c1ccc(OC2CCOC2=O)cc1.CCC(C)c1ccc(OCCCCCCOc2c(F)c(F)c(S(=O)(=O)[O-])c(F)c2F)cc1.CCC(C)c1ccc(OCCCCc2ccc(S(=O)(=O)[O-])cc2)cc1.CCOC(Oc1ccc(C(C)CC)cc1)C(C)(C)C.Cc1cccc([S+](c2ccccc2)c2ccccc2)c1. The Morgan fingerprint density at radius 3 is 1.07 bits per heavy atom. The van der Waals surface area contributed by atoms with E-state index in [9.17, 15) is 53.1 Å². The van der Waals surface area contributed by atoms with Crippen LogP contribution in [0.1, 0.15) is 281 Å². The van der Waals surface area contributed by atoms with Crippen LogP contribution in [0.4, 0.5) is 17.6 Å². The molecule has 2 heterocycles. The van der Waals surface area contributed by atoms with E-state index in [1.54, 1.807) is 24.3 Å². The summed E-state index contributed by atoms with van der Waals surface area (Å²) in [6.45, 7) is 39.2. The van der Waals surface area contributed by atoms with Gasteiger partial charge in [-0.25, -0.2) is 35.2 Å². The standard InChI is InChI=1S/C22H26F4O5S.C20H26O4S.C19H17S.C17H28O2.2C14H18O3.C10H14O/c1-3-14(2)15-8-10-16(11-9-15)30-12-6-4-5-7-13-31-21-17(23)19(25)22(32(27,28)29)20(26)18(21)24;1-3-16(2)18-9-11-19(12-10-18)24-15-5-4-6-17-7-13-20(14-8-17)25(21,22)23;1-16-9-8-14-19(15-16)20(17-10-4-2-5-11-17)18-12-6-3-7-13-18;1-7-13(3)14-9-11-15(12-10-14)19-16(18-8-2)17(4,5)6;2*1-3-10(2)11-4-6-12(7-5-11)17-13-8-9-16-14(13)15;1-3-8(2)9-4-6-10(11)7-5-9/h8-11,14H,3-7,12-13H2,1-2H3,(H,27,28,29);7-14,16H,3-6,15H2,1-2H3,(H,21,22,23);2-15H,1H3;9-13,16H,7-8H2,1-6H3;2*4-7,10,13H,3,8-9H2,1-2H3;4-8,11H,3H2,1-2H3/q;;+1;;;;/p-2. The predicted molar refractivity (Wildman–Crippen MR) is 551 cm³/mol. The highest BCUT2D eigenvalue weighted by Crippen LogP contribution is 2.37. The van der Waals surface area contributed by atoms with Crippen molar-refractivity contribution in [3.05, 3.63) is 323 Å². The fourth-order valence-electron chi connectivity index (χ4n) is 14.4. The number of ether oxygens (including phenoxy) is 9. The number of aromatic hydroxyl groups is 1. The van der Waals surface area contributed by atoms with Gasteiger partial charge in [-0.3, -0.25) is 0 Å². The molecule has 0 amide bonds. The Morgan fingerprint density at radius 2 is 0.745 bits per heavy atom. The number of unbranched alkanes of at least 4 members (excludes halogenated alkanes) is 4. The fourth-order valence-corrected chi connectivity index (χ4v) is 17.7. The van der Waals surface area contributed by atoms with E-state index in [0.29, 0.717) is 100.0 Å². The van der Waals surface area contributed by atoms with E-state index in [1.165, 1.54) is 65.8 Å². The summed E-state index contributed by atoms with van der Waals surface area (Å²) in [6, 6.07) is 84.4. The second-order valence-electron chi connectivity index (χ2n) is 36.3. The van der Waals surface area contributed by atoms with Gasteiger partial charge in [0.1, 0.15) is 59.6 Å². The van der Waals surface area contributed by atoms with Gasteiger partial charge in [-0.1, -0.05) is 237 Å². The van der Waals surface area contributed by atoms with Gasteiger partial charge in [-0.05, 0) is 299 Å². The molecular weight excluding hydrogens is 1850 g/mol. The van der Waals surface area contributed by atoms with Crippen molar-refractivity contribution in [3.63, 3.8) is 0 Å². The Labute approximate surface area is 838 Å². The summed E-state index contributed by atoms with van der Waals surface area (Å²) in [5.41, 5.74) is 10.1. The van der Waals surface area contributed by atoms with Crippen LogP contribution in [0.15, 0.2) is 279 Å². The molecule has 18 nitrogen and oxygen atoms in total. The molecule has 9 unspecified atom stereocenters. The van der Waals surface area contributed by atoms with Crippen molar-refractivity contribution in [2.24, 2.45) is 5.41 Å². The highest BCUT2D eigenvalue weighted by atomic mass is 32.2. The van der Waals surface area contributed by atoms with Crippen molar-refractivity contribution in [1.29, 1.82) is 0 Å². The van der Waals surface area contributed by atoms with Crippen LogP contribution < -0.4 is 28.4 Å². The first kappa shape index (κ1) is 117. The average Bonchev–Trinajstić information content (AvgIpc) is 1.54. The number of cyclic esters (lactones) is 2. The molecule has 13 rings (SSSR count). The number of phenols is 1. The first-order valence-corrected chi connectivity index (χ1v) is 53.3. The molecule has 0 saturated carbocycles. The third-order valence-electron chi connectivity index (χ3n) is 24.5. The van der Waals surface area contributed by atoms with Gasteiger partial charge in [0.2, 0.25) is 17.9 Å². The zero-order chi connectivity index (χ0) is 103. The van der Waals surface area contributed by atoms with Crippen molar-refractivity contribution in [2.45, 2.75) is 292 Å². The smallest absolute Gasteiger partial charge is 0.347 e. The van der Waals surface area contributed by atoms with Crippen LogP contribution in [-0.4, -0.2) is 101 Å². The van der Waals surface area contributed by atoms with Crippen LogP contribution in [0.2, 0.25) is 0 Å². The summed E-state index contributed by atoms with van der Waals surface area (Å²) < 4.78 is 169. The largest absolute Gasteiger partial charge is 0.744 e. The van der Waals surface area contributed by atoms with E-state index < -0.39 is 66.4 Å².